The number of hydrogen-bond acceptors (Lipinski definition) is 4. The van der Waals surface area contributed by atoms with E-state index in [-0.39, 0.29) is 5.28 Å². The fourth-order valence-electron chi connectivity index (χ4n) is 1.34. The molecule has 0 fully saturated rings. The Morgan fingerprint density at radius 3 is 2.83 bits per heavy atom. The first kappa shape index (κ1) is 13.1. The molecule has 0 unspecified atom stereocenters. The molecule has 0 spiro atoms. The summed E-state index contributed by atoms with van der Waals surface area (Å²) < 4.78 is 6.33. The van der Waals surface area contributed by atoms with Gasteiger partial charge in [0.25, 0.3) is 0 Å². The summed E-state index contributed by atoms with van der Waals surface area (Å²) in [6.45, 7) is 0. The highest BCUT2D eigenvalue weighted by Crippen LogP contribution is 2.29. The molecule has 0 amide bonds. The lowest BCUT2D eigenvalue weighted by molar-refractivity contribution is 0.458. The average molecular weight is 329 g/mol. The topological polar surface area (TPSA) is 38.2 Å². The predicted molar refractivity (Wildman–Crippen MR) is 75.6 cm³/mol. The zero-order valence-electron chi connectivity index (χ0n) is 9.89. The smallest absolute Gasteiger partial charge is 0.237 e. The molecule has 94 valence electrons. The lowest BCUT2D eigenvalue weighted by Crippen LogP contribution is -2.08. The van der Waals surface area contributed by atoms with Crippen molar-refractivity contribution in [3.63, 3.8) is 0 Å². The summed E-state index contributed by atoms with van der Waals surface area (Å²) in [5.74, 6) is 1.09. The summed E-state index contributed by atoms with van der Waals surface area (Å²) in [7, 11) is 3.94. The van der Waals surface area contributed by atoms with Crippen LogP contribution in [0.15, 0.2) is 34.9 Å². The minimum atomic E-state index is 0.150. The second-order valence-electron chi connectivity index (χ2n) is 3.79. The van der Waals surface area contributed by atoms with Crippen molar-refractivity contribution >= 4 is 33.2 Å². The monoisotopic (exact) mass is 327 g/mol. The SMILES string of the molecule is CN(C)c1cccc(Oc2nc(Cl)ncc2Br)c1. The highest BCUT2D eigenvalue weighted by molar-refractivity contribution is 9.10. The van der Waals surface area contributed by atoms with E-state index in [0.29, 0.717) is 16.1 Å². The van der Waals surface area contributed by atoms with Crippen molar-refractivity contribution in [1.82, 2.24) is 9.97 Å². The Hall–Kier alpha value is -1.33. The van der Waals surface area contributed by atoms with Crippen LogP contribution in [-0.2, 0) is 0 Å². The van der Waals surface area contributed by atoms with E-state index >= 15 is 0 Å². The minimum absolute atomic E-state index is 0.150. The molecule has 0 saturated heterocycles. The van der Waals surface area contributed by atoms with E-state index in [1.165, 1.54) is 0 Å². The maximum Gasteiger partial charge on any atom is 0.237 e. The van der Waals surface area contributed by atoms with Gasteiger partial charge in [-0.05, 0) is 39.7 Å². The summed E-state index contributed by atoms with van der Waals surface area (Å²) in [5, 5.41) is 0.150. The van der Waals surface area contributed by atoms with Gasteiger partial charge in [-0.1, -0.05) is 6.07 Å². The number of halogens is 2. The van der Waals surface area contributed by atoms with Gasteiger partial charge in [0.05, 0.1) is 4.47 Å². The molecule has 2 aromatic rings. The quantitative estimate of drug-likeness (QED) is 0.804. The van der Waals surface area contributed by atoms with E-state index in [1.807, 2.05) is 43.3 Å². The third-order valence-electron chi connectivity index (χ3n) is 2.23. The second kappa shape index (κ2) is 5.54. The van der Waals surface area contributed by atoms with E-state index < -0.39 is 0 Å². The summed E-state index contributed by atoms with van der Waals surface area (Å²) >= 11 is 9.05. The fraction of sp³-hybridized carbons (Fsp3) is 0.167. The minimum Gasteiger partial charge on any atom is -0.438 e. The summed E-state index contributed by atoms with van der Waals surface area (Å²) in [4.78, 5) is 9.86. The Labute approximate surface area is 119 Å². The van der Waals surface area contributed by atoms with Crippen LogP contribution in [0.25, 0.3) is 0 Å². The average Bonchev–Trinajstić information content (AvgIpc) is 2.34. The van der Waals surface area contributed by atoms with Crippen LogP contribution in [0, 0.1) is 0 Å². The van der Waals surface area contributed by atoms with Crippen molar-refractivity contribution in [3.05, 3.63) is 40.2 Å². The largest absolute Gasteiger partial charge is 0.438 e. The Bertz CT molecular complexity index is 563. The third kappa shape index (κ3) is 3.11. The molecular weight excluding hydrogens is 318 g/mol. The van der Waals surface area contributed by atoms with Crippen molar-refractivity contribution in [2.24, 2.45) is 0 Å². The van der Waals surface area contributed by atoms with E-state index in [0.717, 1.165) is 5.69 Å². The molecule has 0 aliphatic rings. The van der Waals surface area contributed by atoms with E-state index in [4.69, 9.17) is 16.3 Å². The highest BCUT2D eigenvalue weighted by atomic mass is 79.9. The van der Waals surface area contributed by atoms with Crippen LogP contribution in [0.2, 0.25) is 5.28 Å². The van der Waals surface area contributed by atoms with E-state index in [9.17, 15) is 0 Å². The molecule has 1 aromatic heterocycles. The first-order valence-electron chi connectivity index (χ1n) is 5.19. The molecule has 0 atom stereocenters. The standard InChI is InChI=1S/C12H11BrClN3O/c1-17(2)8-4-3-5-9(6-8)18-11-10(13)7-15-12(14)16-11/h3-7H,1-2H3. The van der Waals surface area contributed by atoms with Gasteiger partial charge in [-0.25, -0.2) is 4.98 Å². The molecule has 1 heterocycles. The van der Waals surface area contributed by atoms with Crippen LogP contribution < -0.4 is 9.64 Å². The van der Waals surface area contributed by atoms with Crippen molar-refractivity contribution in [1.29, 1.82) is 0 Å². The Morgan fingerprint density at radius 2 is 2.11 bits per heavy atom. The van der Waals surface area contributed by atoms with Gasteiger partial charge in [0, 0.05) is 32.0 Å². The van der Waals surface area contributed by atoms with Crippen molar-refractivity contribution in [2.75, 3.05) is 19.0 Å². The van der Waals surface area contributed by atoms with Gasteiger partial charge < -0.3 is 9.64 Å². The van der Waals surface area contributed by atoms with Gasteiger partial charge in [-0.2, -0.15) is 4.98 Å². The summed E-state index contributed by atoms with van der Waals surface area (Å²) in [5.41, 5.74) is 1.05. The van der Waals surface area contributed by atoms with Gasteiger partial charge in [-0.3, -0.25) is 0 Å². The fourth-order valence-corrected chi connectivity index (χ4v) is 1.74. The Morgan fingerprint density at radius 1 is 1.33 bits per heavy atom. The Balaban J connectivity index is 2.28. The molecule has 1 aromatic carbocycles. The number of ether oxygens (including phenoxy) is 1. The molecular formula is C12H11BrClN3O. The normalized spacial score (nSPS) is 10.2. The molecule has 2 rings (SSSR count). The maximum absolute atomic E-state index is 5.73. The molecule has 18 heavy (non-hydrogen) atoms. The second-order valence-corrected chi connectivity index (χ2v) is 4.98. The van der Waals surface area contributed by atoms with Gasteiger partial charge in [0.15, 0.2) is 0 Å². The molecule has 4 nitrogen and oxygen atoms in total. The zero-order valence-corrected chi connectivity index (χ0v) is 12.2. The molecule has 0 saturated carbocycles. The van der Waals surface area contributed by atoms with Crippen molar-refractivity contribution < 1.29 is 4.74 Å². The van der Waals surface area contributed by atoms with Crippen molar-refractivity contribution in [2.45, 2.75) is 0 Å². The Kier molecular flexibility index (Phi) is 4.04. The molecule has 0 bridgehead atoms. The van der Waals surface area contributed by atoms with Crippen LogP contribution in [-0.4, -0.2) is 24.1 Å². The number of hydrogen-bond donors (Lipinski definition) is 0. The van der Waals surface area contributed by atoms with Gasteiger partial charge in [0.2, 0.25) is 11.2 Å². The first-order valence-corrected chi connectivity index (χ1v) is 6.36. The lowest BCUT2D eigenvalue weighted by Gasteiger charge is -2.13. The molecule has 0 N–H and O–H groups in total. The summed E-state index contributed by atoms with van der Waals surface area (Å²) in [6, 6.07) is 7.69. The summed E-state index contributed by atoms with van der Waals surface area (Å²) in [6.07, 6.45) is 1.56. The number of anilines is 1. The highest BCUT2D eigenvalue weighted by Gasteiger charge is 2.07. The van der Waals surface area contributed by atoms with Gasteiger partial charge in [0.1, 0.15) is 5.75 Å². The van der Waals surface area contributed by atoms with Crippen molar-refractivity contribution in [3.8, 4) is 11.6 Å². The third-order valence-corrected chi connectivity index (χ3v) is 2.96. The van der Waals surface area contributed by atoms with E-state index in [2.05, 4.69) is 25.9 Å². The maximum atomic E-state index is 5.73. The number of nitrogens with zero attached hydrogens (tertiary/aromatic N) is 3. The van der Waals surface area contributed by atoms with Crippen LogP contribution in [0.4, 0.5) is 5.69 Å². The lowest BCUT2D eigenvalue weighted by atomic mass is 10.3. The zero-order chi connectivity index (χ0) is 13.1. The van der Waals surface area contributed by atoms with E-state index in [1.54, 1.807) is 6.20 Å². The molecule has 0 radical (unpaired) electrons. The molecule has 6 heteroatoms. The molecule has 0 aliphatic carbocycles. The predicted octanol–water partition coefficient (Wildman–Crippen LogP) is 3.75. The number of benzene rings is 1. The van der Waals surface area contributed by atoms with Crippen LogP contribution in [0.3, 0.4) is 0 Å². The first-order chi connectivity index (χ1) is 8.56. The number of rotatable bonds is 3. The number of aromatic nitrogens is 2. The van der Waals surface area contributed by atoms with Gasteiger partial charge >= 0.3 is 0 Å². The van der Waals surface area contributed by atoms with Gasteiger partial charge in [-0.15, -0.1) is 0 Å². The van der Waals surface area contributed by atoms with Crippen LogP contribution in [0.1, 0.15) is 0 Å². The van der Waals surface area contributed by atoms with Crippen LogP contribution >= 0.6 is 27.5 Å². The molecule has 0 aliphatic heterocycles. The van der Waals surface area contributed by atoms with Crippen LogP contribution in [0.5, 0.6) is 11.6 Å².